The standard InChI is InChI=1S/C10H17F3N2/c1-8-4-5-9(2)15(8)14-7-3-6-10(11,12)13/h7-9H,3-6H2,1-2H3/b14-7+/t8-,9-/m1/s1. The second-order valence-electron chi connectivity index (χ2n) is 4.11. The Balaban J connectivity index is 2.31. The number of hydrazone groups is 1. The summed E-state index contributed by atoms with van der Waals surface area (Å²) in [5.41, 5.74) is 0. The Hall–Kier alpha value is -0.740. The van der Waals surface area contributed by atoms with Crippen LogP contribution in [0.25, 0.3) is 0 Å². The van der Waals surface area contributed by atoms with E-state index in [0.717, 1.165) is 12.8 Å². The lowest BCUT2D eigenvalue weighted by atomic mass is 10.2. The molecule has 5 heteroatoms. The maximum absolute atomic E-state index is 11.8. The first-order valence-corrected chi connectivity index (χ1v) is 5.27. The lowest BCUT2D eigenvalue weighted by Crippen LogP contribution is -2.27. The van der Waals surface area contributed by atoms with Crippen LogP contribution in [0.15, 0.2) is 5.10 Å². The minimum Gasteiger partial charge on any atom is -0.292 e. The molecule has 0 radical (unpaired) electrons. The van der Waals surface area contributed by atoms with Crippen molar-refractivity contribution in [2.45, 2.75) is 57.8 Å². The van der Waals surface area contributed by atoms with Gasteiger partial charge >= 0.3 is 6.18 Å². The summed E-state index contributed by atoms with van der Waals surface area (Å²) in [6, 6.07) is 0.698. The fraction of sp³-hybridized carbons (Fsp3) is 0.900. The van der Waals surface area contributed by atoms with Crippen molar-refractivity contribution in [1.82, 2.24) is 5.01 Å². The van der Waals surface area contributed by atoms with E-state index in [9.17, 15) is 13.2 Å². The summed E-state index contributed by atoms with van der Waals surface area (Å²) in [6.45, 7) is 4.09. The molecular weight excluding hydrogens is 205 g/mol. The van der Waals surface area contributed by atoms with Crippen molar-refractivity contribution < 1.29 is 13.2 Å². The highest BCUT2D eigenvalue weighted by Crippen LogP contribution is 2.24. The van der Waals surface area contributed by atoms with E-state index >= 15 is 0 Å². The summed E-state index contributed by atoms with van der Waals surface area (Å²) in [7, 11) is 0. The third-order valence-electron chi connectivity index (χ3n) is 2.68. The fourth-order valence-electron chi connectivity index (χ4n) is 1.79. The molecule has 0 aromatic heterocycles. The monoisotopic (exact) mass is 222 g/mol. The molecule has 0 N–H and O–H groups in total. The summed E-state index contributed by atoms with van der Waals surface area (Å²) < 4.78 is 35.5. The van der Waals surface area contributed by atoms with Gasteiger partial charge < -0.3 is 0 Å². The van der Waals surface area contributed by atoms with Gasteiger partial charge in [0, 0.05) is 24.7 Å². The van der Waals surface area contributed by atoms with E-state index in [-0.39, 0.29) is 6.42 Å². The molecule has 0 spiro atoms. The summed E-state index contributed by atoms with van der Waals surface area (Å²) in [5, 5.41) is 6.00. The molecule has 0 saturated carbocycles. The van der Waals surface area contributed by atoms with Crippen molar-refractivity contribution in [2.24, 2.45) is 5.10 Å². The second-order valence-corrected chi connectivity index (χ2v) is 4.11. The molecule has 0 amide bonds. The number of nitrogens with zero attached hydrogens (tertiary/aromatic N) is 2. The van der Waals surface area contributed by atoms with Gasteiger partial charge in [-0.1, -0.05) is 0 Å². The zero-order chi connectivity index (χ0) is 11.5. The number of halogens is 3. The molecule has 2 nitrogen and oxygen atoms in total. The Kier molecular flexibility index (Phi) is 3.99. The van der Waals surface area contributed by atoms with Crippen LogP contribution >= 0.6 is 0 Å². The smallest absolute Gasteiger partial charge is 0.292 e. The predicted octanol–water partition coefficient (Wildman–Crippen LogP) is 3.19. The average molecular weight is 222 g/mol. The second kappa shape index (κ2) is 4.86. The predicted molar refractivity (Wildman–Crippen MR) is 53.8 cm³/mol. The van der Waals surface area contributed by atoms with E-state index in [1.165, 1.54) is 6.21 Å². The van der Waals surface area contributed by atoms with E-state index in [2.05, 4.69) is 5.10 Å². The zero-order valence-corrected chi connectivity index (χ0v) is 9.09. The van der Waals surface area contributed by atoms with Gasteiger partial charge in [-0.3, -0.25) is 5.01 Å². The molecule has 2 atom stereocenters. The van der Waals surface area contributed by atoms with E-state index in [4.69, 9.17) is 0 Å². The van der Waals surface area contributed by atoms with Crippen LogP contribution in [-0.2, 0) is 0 Å². The first-order chi connectivity index (χ1) is 6.90. The van der Waals surface area contributed by atoms with E-state index in [1.807, 2.05) is 18.9 Å². The van der Waals surface area contributed by atoms with Crippen molar-refractivity contribution in [3.05, 3.63) is 0 Å². The highest BCUT2D eigenvalue weighted by Gasteiger charge is 2.27. The highest BCUT2D eigenvalue weighted by atomic mass is 19.4. The van der Waals surface area contributed by atoms with Crippen molar-refractivity contribution in [1.29, 1.82) is 0 Å². The van der Waals surface area contributed by atoms with Gasteiger partial charge in [-0.15, -0.1) is 0 Å². The Bertz CT molecular complexity index is 215. The minimum atomic E-state index is -4.08. The van der Waals surface area contributed by atoms with Gasteiger partial charge in [0.15, 0.2) is 0 Å². The zero-order valence-electron chi connectivity index (χ0n) is 9.09. The Morgan fingerprint density at radius 1 is 1.27 bits per heavy atom. The molecule has 1 fully saturated rings. The fourth-order valence-corrected chi connectivity index (χ4v) is 1.79. The molecule has 0 aliphatic carbocycles. The summed E-state index contributed by atoms with van der Waals surface area (Å²) in [6.07, 6.45) is -1.37. The van der Waals surface area contributed by atoms with E-state index in [1.54, 1.807) is 0 Å². The van der Waals surface area contributed by atoms with Gasteiger partial charge in [0.05, 0.1) is 0 Å². The van der Waals surface area contributed by atoms with Crippen LogP contribution in [0.2, 0.25) is 0 Å². The van der Waals surface area contributed by atoms with Crippen molar-refractivity contribution in [2.75, 3.05) is 0 Å². The van der Waals surface area contributed by atoms with Gasteiger partial charge in [0.2, 0.25) is 0 Å². The molecule has 1 heterocycles. The van der Waals surface area contributed by atoms with Gasteiger partial charge in [-0.05, 0) is 33.1 Å². The Morgan fingerprint density at radius 2 is 1.80 bits per heavy atom. The summed E-state index contributed by atoms with van der Waals surface area (Å²) in [5.74, 6) is 0. The lowest BCUT2D eigenvalue weighted by Gasteiger charge is -2.22. The van der Waals surface area contributed by atoms with Crippen LogP contribution in [0.1, 0.15) is 39.5 Å². The van der Waals surface area contributed by atoms with Gasteiger partial charge in [-0.2, -0.15) is 18.3 Å². The highest BCUT2D eigenvalue weighted by molar-refractivity contribution is 5.56. The third-order valence-corrected chi connectivity index (χ3v) is 2.68. The normalized spacial score (nSPS) is 27.9. The van der Waals surface area contributed by atoms with Gasteiger partial charge in [0.1, 0.15) is 0 Å². The van der Waals surface area contributed by atoms with Crippen LogP contribution in [0.5, 0.6) is 0 Å². The topological polar surface area (TPSA) is 15.6 Å². The van der Waals surface area contributed by atoms with Crippen LogP contribution in [0.4, 0.5) is 13.2 Å². The summed E-state index contributed by atoms with van der Waals surface area (Å²) >= 11 is 0. The first-order valence-electron chi connectivity index (χ1n) is 5.27. The van der Waals surface area contributed by atoms with E-state index in [0.29, 0.717) is 12.1 Å². The van der Waals surface area contributed by atoms with Crippen LogP contribution in [-0.4, -0.2) is 29.5 Å². The van der Waals surface area contributed by atoms with Crippen LogP contribution in [0, 0.1) is 0 Å². The largest absolute Gasteiger partial charge is 0.389 e. The van der Waals surface area contributed by atoms with Crippen molar-refractivity contribution in [3.8, 4) is 0 Å². The first kappa shape index (κ1) is 12.3. The number of hydrogen-bond acceptors (Lipinski definition) is 2. The molecule has 88 valence electrons. The SMILES string of the molecule is C[C@@H]1CC[C@@H](C)N1/N=C/CCC(F)(F)F. The molecule has 15 heavy (non-hydrogen) atoms. The van der Waals surface area contributed by atoms with Gasteiger partial charge in [0.25, 0.3) is 0 Å². The molecule has 0 aromatic carbocycles. The van der Waals surface area contributed by atoms with E-state index < -0.39 is 12.6 Å². The van der Waals surface area contributed by atoms with Crippen LogP contribution in [0.3, 0.4) is 0 Å². The van der Waals surface area contributed by atoms with Gasteiger partial charge in [-0.25, -0.2) is 0 Å². The lowest BCUT2D eigenvalue weighted by molar-refractivity contribution is -0.132. The number of alkyl halides is 3. The van der Waals surface area contributed by atoms with Crippen molar-refractivity contribution in [3.63, 3.8) is 0 Å². The Morgan fingerprint density at radius 3 is 2.27 bits per heavy atom. The molecule has 0 aromatic rings. The molecule has 0 unspecified atom stereocenters. The molecule has 0 bridgehead atoms. The molecule has 1 saturated heterocycles. The number of hydrogen-bond donors (Lipinski definition) is 0. The average Bonchev–Trinajstić information content (AvgIpc) is 2.40. The maximum atomic E-state index is 11.8. The quantitative estimate of drug-likeness (QED) is 0.669. The molecule has 1 aliphatic rings. The summed E-state index contributed by atoms with van der Waals surface area (Å²) in [4.78, 5) is 0. The maximum Gasteiger partial charge on any atom is 0.389 e. The third kappa shape index (κ3) is 4.10. The van der Waals surface area contributed by atoms with Crippen LogP contribution < -0.4 is 0 Å². The molecule has 1 rings (SSSR count). The van der Waals surface area contributed by atoms with Crippen molar-refractivity contribution >= 4 is 6.21 Å². The molecule has 1 aliphatic heterocycles. The minimum absolute atomic E-state index is 0.0283. The molecular formula is C10H17F3N2. The Labute approximate surface area is 88.1 Å². The number of rotatable bonds is 3.